The van der Waals surface area contributed by atoms with Crippen LogP contribution < -0.4 is 10.3 Å². The lowest BCUT2D eigenvalue weighted by molar-refractivity contribution is 0.0827. The fraction of sp³-hybridized carbons (Fsp3) is 0.105. The van der Waals surface area contributed by atoms with Gasteiger partial charge >= 0.3 is 0 Å². The van der Waals surface area contributed by atoms with Crippen LogP contribution in [-0.2, 0) is 10.0 Å². The smallest absolute Gasteiger partial charge is 0.291 e. The molecule has 8 nitrogen and oxygen atoms in total. The first-order valence-electron chi connectivity index (χ1n) is 8.48. The van der Waals surface area contributed by atoms with Crippen molar-refractivity contribution < 1.29 is 13.2 Å². The summed E-state index contributed by atoms with van der Waals surface area (Å²) >= 11 is 11.6. The van der Waals surface area contributed by atoms with Crippen LogP contribution in [0.15, 0.2) is 64.4 Å². The van der Waals surface area contributed by atoms with Crippen molar-refractivity contribution in [3.8, 4) is 5.69 Å². The van der Waals surface area contributed by atoms with Gasteiger partial charge in [-0.25, -0.2) is 8.42 Å². The van der Waals surface area contributed by atoms with Gasteiger partial charge in [0.05, 0.1) is 21.8 Å². The Kier molecular flexibility index (Phi) is 6.16. The lowest BCUT2D eigenvalue weighted by Crippen LogP contribution is -2.22. The highest BCUT2D eigenvalue weighted by atomic mass is 35.5. The minimum atomic E-state index is -3.93. The quantitative estimate of drug-likeness (QED) is 0.622. The second-order valence-electron chi connectivity index (χ2n) is 6.40. The molecule has 0 fully saturated rings. The predicted molar refractivity (Wildman–Crippen MR) is 115 cm³/mol. The summed E-state index contributed by atoms with van der Waals surface area (Å²) in [5.41, 5.74) is 0.283. The number of hydrogen-bond acceptors (Lipinski definition) is 5. The first kappa shape index (κ1) is 21.8. The summed E-state index contributed by atoms with van der Waals surface area (Å²) in [6, 6.07) is 11.6. The molecular formula is C19H16Cl2N4O4S. The Bertz CT molecular complexity index is 1270. The molecule has 3 aromatic rings. The summed E-state index contributed by atoms with van der Waals surface area (Å²) in [6.45, 7) is 0. The maximum Gasteiger partial charge on any atom is 0.291 e. The van der Waals surface area contributed by atoms with Crippen molar-refractivity contribution in [1.82, 2.24) is 14.7 Å². The largest absolute Gasteiger partial charge is 0.345 e. The van der Waals surface area contributed by atoms with Crippen molar-refractivity contribution in [2.45, 2.75) is 4.90 Å². The Hall–Kier alpha value is -2.88. The van der Waals surface area contributed by atoms with Gasteiger partial charge in [-0.3, -0.25) is 14.3 Å². The van der Waals surface area contributed by atoms with Crippen molar-refractivity contribution in [2.75, 3.05) is 18.8 Å². The number of halogens is 2. The topological polar surface area (TPSA) is 101 Å². The Morgan fingerprint density at radius 2 is 1.77 bits per heavy atom. The van der Waals surface area contributed by atoms with Crippen molar-refractivity contribution in [3.05, 3.63) is 80.7 Å². The normalized spacial score (nSPS) is 11.2. The van der Waals surface area contributed by atoms with Gasteiger partial charge in [0.25, 0.3) is 21.5 Å². The molecule has 1 amide bonds. The molecular weight excluding hydrogens is 451 g/mol. The van der Waals surface area contributed by atoms with Crippen molar-refractivity contribution >= 4 is 44.8 Å². The molecule has 11 heteroatoms. The number of amides is 1. The Morgan fingerprint density at radius 1 is 1.10 bits per heavy atom. The van der Waals surface area contributed by atoms with E-state index in [0.717, 1.165) is 4.68 Å². The van der Waals surface area contributed by atoms with E-state index < -0.39 is 15.6 Å². The lowest BCUT2D eigenvalue weighted by Gasteiger charge is -2.13. The molecule has 1 aromatic heterocycles. The van der Waals surface area contributed by atoms with E-state index in [0.29, 0.717) is 11.3 Å². The molecule has 2 aromatic carbocycles. The minimum absolute atomic E-state index is 0.0243. The molecule has 0 spiro atoms. The van der Waals surface area contributed by atoms with Gasteiger partial charge in [-0.1, -0.05) is 29.3 Å². The van der Waals surface area contributed by atoms with Crippen molar-refractivity contribution in [2.24, 2.45) is 0 Å². The van der Waals surface area contributed by atoms with Crippen LogP contribution in [0.4, 0.5) is 5.69 Å². The van der Waals surface area contributed by atoms with Gasteiger partial charge in [0.2, 0.25) is 0 Å². The molecule has 0 aliphatic heterocycles. The average Bonchev–Trinajstić information content (AvgIpc) is 2.71. The van der Waals surface area contributed by atoms with E-state index in [-0.39, 0.29) is 26.5 Å². The van der Waals surface area contributed by atoms with Gasteiger partial charge in [-0.2, -0.15) is 9.78 Å². The fourth-order valence-electron chi connectivity index (χ4n) is 2.55. The second-order valence-corrected chi connectivity index (χ2v) is 8.87. The zero-order chi connectivity index (χ0) is 22.1. The number of rotatable bonds is 5. The third-order valence-electron chi connectivity index (χ3n) is 4.04. The SMILES string of the molecule is CN(C)C(=O)c1cccc(NS(=O)(=O)c2ccc(-n3ncc(Cl)c(Cl)c3=O)cc2)c1. The van der Waals surface area contributed by atoms with Gasteiger partial charge in [-0.05, 0) is 42.5 Å². The Labute approximate surface area is 182 Å². The van der Waals surface area contributed by atoms with Gasteiger partial charge < -0.3 is 4.90 Å². The third kappa shape index (κ3) is 4.48. The number of carbonyl (C=O) groups excluding carboxylic acids is 1. The summed E-state index contributed by atoms with van der Waals surface area (Å²) in [5.74, 6) is -0.250. The number of carbonyl (C=O) groups is 1. The van der Waals surface area contributed by atoms with Crippen molar-refractivity contribution in [3.63, 3.8) is 0 Å². The van der Waals surface area contributed by atoms with E-state index in [4.69, 9.17) is 23.2 Å². The van der Waals surface area contributed by atoms with Gasteiger partial charge in [0.15, 0.2) is 0 Å². The van der Waals surface area contributed by atoms with E-state index in [1.165, 1.54) is 47.5 Å². The van der Waals surface area contributed by atoms with E-state index in [2.05, 4.69) is 9.82 Å². The highest BCUT2D eigenvalue weighted by Gasteiger charge is 2.17. The number of hydrogen-bond donors (Lipinski definition) is 1. The number of aromatic nitrogens is 2. The van der Waals surface area contributed by atoms with E-state index >= 15 is 0 Å². The summed E-state index contributed by atoms with van der Waals surface area (Å²) in [6.07, 6.45) is 1.22. The molecule has 0 bridgehead atoms. The first-order valence-corrected chi connectivity index (χ1v) is 10.7. The number of nitrogens with zero attached hydrogens (tertiary/aromatic N) is 3. The molecule has 0 saturated heterocycles. The fourth-order valence-corrected chi connectivity index (χ4v) is 3.85. The maximum atomic E-state index is 12.7. The number of anilines is 1. The summed E-state index contributed by atoms with van der Waals surface area (Å²) < 4.78 is 28.8. The van der Waals surface area contributed by atoms with Crippen LogP contribution in [0.1, 0.15) is 10.4 Å². The third-order valence-corrected chi connectivity index (χ3v) is 6.18. The molecule has 156 valence electrons. The minimum Gasteiger partial charge on any atom is -0.345 e. The second kappa shape index (κ2) is 8.47. The summed E-state index contributed by atoms with van der Waals surface area (Å²) in [4.78, 5) is 25.6. The summed E-state index contributed by atoms with van der Waals surface area (Å²) in [7, 11) is -0.718. The standard InChI is InChI=1S/C19H16Cl2N4O4S/c1-24(2)18(26)12-4-3-5-13(10-12)23-30(28,29)15-8-6-14(7-9-15)25-19(27)17(21)16(20)11-22-25/h3-11,23H,1-2H3. The highest BCUT2D eigenvalue weighted by molar-refractivity contribution is 7.92. The Morgan fingerprint density at radius 3 is 2.40 bits per heavy atom. The number of benzene rings is 2. The maximum absolute atomic E-state index is 12.7. The monoisotopic (exact) mass is 466 g/mol. The Balaban J connectivity index is 1.88. The van der Waals surface area contributed by atoms with Crippen LogP contribution in [0.2, 0.25) is 10.0 Å². The average molecular weight is 467 g/mol. The molecule has 0 aliphatic carbocycles. The zero-order valence-corrected chi connectivity index (χ0v) is 18.2. The van der Waals surface area contributed by atoms with E-state index in [9.17, 15) is 18.0 Å². The van der Waals surface area contributed by atoms with Crippen LogP contribution in [0.3, 0.4) is 0 Å². The highest BCUT2D eigenvalue weighted by Crippen LogP contribution is 2.20. The van der Waals surface area contributed by atoms with Crippen LogP contribution in [-0.4, -0.2) is 43.1 Å². The van der Waals surface area contributed by atoms with Gasteiger partial charge in [0, 0.05) is 25.3 Å². The van der Waals surface area contributed by atoms with Crippen LogP contribution in [0.25, 0.3) is 5.69 Å². The molecule has 0 saturated carbocycles. The molecule has 0 aliphatic rings. The first-order chi connectivity index (χ1) is 14.1. The molecule has 1 N–H and O–H groups in total. The lowest BCUT2D eigenvalue weighted by atomic mass is 10.2. The molecule has 1 heterocycles. The van der Waals surface area contributed by atoms with Gasteiger partial charge in [0.1, 0.15) is 5.02 Å². The molecule has 0 radical (unpaired) electrons. The molecule has 30 heavy (non-hydrogen) atoms. The molecule has 0 unspecified atom stereocenters. The number of nitrogens with one attached hydrogen (secondary N) is 1. The predicted octanol–water partition coefficient (Wildman–Crippen LogP) is 3.04. The van der Waals surface area contributed by atoms with Crippen molar-refractivity contribution in [1.29, 1.82) is 0 Å². The van der Waals surface area contributed by atoms with Gasteiger partial charge in [-0.15, -0.1) is 0 Å². The van der Waals surface area contributed by atoms with E-state index in [1.54, 1.807) is 26.2 Å². The zero-order valence-electron chi connectivity index (χ0n) is 15.8. The van der Waals surface area contributed by atoms with Crippen LogP contribution in [0, 0.1) is 0 Å². The van der Waals surface area contributed by atoms with Crippen LogP contribution in [0.5, 0.6) is 0 Å². The molecule has 0 atom stereocenters. The summed E-state index contributed by atoms with van der Waals surface area (Å²) in [5, 5.41) is 3.74. The van der Waals surface area contributed by atoms with Crippen LogP contribution >= 0.6 is 23.2 Å². The van der Waals surface area contributed by atoms with E-state index in [1.807, 2.05) is 0 Å². The molecule has 3 rings (SSSR count). The number of sulfonamides is 1.